The molecule has 7 aromatic carbocycles. The molecule has 0 aliphatic rings. The van der Waals surface area contributed by atoms with Crippen molar-refractivity contribution < 1.29 is 4.42 Å². The van der Waals surface area contributed by atoms with Crippen LogP contribution >= 0.6 is 0 Å². The molecule has 4 heterocycles. The summed E-state index contributed by atoms with van der Waals surface area (Å²) in [5, 5.41) is 6.72. The fraction of sp³-hybridized carbons (Fsp3) is 0. The zero-order chi connectivity index (χ0) is 33.5. The summed E-state index contributed by atoms with van der Waals surface area (Å²) in [5.74, 6) is 0.610. The Kier molecular flexibility index (Phi) is 5.89. The van der Waals surface area contributed by atoms with Crippen molar-refractivity contribution in [3.8, 4) is 34.2 Å². The molecule has 0 unspecified atom stereocenters. The minimum atomic E-state index is 0.610. The minimum Gasteiger partial charge on any atom is -0.456 e. The van der Waals surface area contributed by atoms with E-state index in [4.69, 9.17) is 14.4 Å². The first-order valence-electron chi connectivity index (χ1n) is 17.2. The van der Waals surface area contributed by atoms with Crippen molar-refractivity contribution in [1.82, 2.24) is 19.1 Å². The first-order chi connectivity index (χ1) is 25.3. The van der Waals surface area contributed by atoms with E-state index in [1.54, 1.807) is 0 Å². The zero-order valence-corrected chi connectivity index (χ0v) is 27.4. The van der Waals surface area contributed by atoms with E-state index < -0.39 is 0 Å². The summed E-state index contributed by atoms with van der Waals surface area (Å²) in [5.41, 5.74) is 11.0. The molecule has 238 valence electrons. The molecule has 0 radical (unpaired) electrons. The molecule has 0 amide bonds. The first kappa shape index (κ1) is 27.9. The molecule has 11 rings (SSSR count). The number of rotatable bonds is 4. The molecule has 0 aliphatic heterocycles. The Balaban J connectivity index is 1.34. The maximum atomic E-state index is 6.47. The van der Waals surface area contributed by atoms with E-state index in [-0.39, 0.29) is 0 Å². The number of hydrogen-bond donors (Lipinski definition) is 0. The van der Waals surface area contributed by atoms with Gasteiger partial charge in [0, 0.05) is 43.7 Å². The Morgan fingerprint density at radius 2 is 0.961 bits per heavy atom. The fourth-order valence-electron chi connectivity index (χ4n) is 7.88. The van der Waals surface area contributed by atoms with Gasteiger partial charge in [-0.2, -0.15) is 0 Å². The average Bonchev–Trinajstić information content (AvgIpc) is 3.85. The van der Waals surface area contributed by atoms with Gasteiger partial charge in [-0.05, 0) is 54.6 Å². The van der Waals surface area contributed by atoms with Gasteiger partial charge in [-0.25, -0.2) is 9.97 Å². The van der Waals surface area contributed by atoms with Crippen LogP contribution in [0.25, 0.3) is 99.7 Å². The van der Waals surface area contributed by atoms with Crippen molar-refractivity contribution in [1.29, 1.82) is 0 Å². The van der Waals surface area contributed by atoms with Crippen molar-refractivity contribution in [2.75, 3.05) is 0 Å². The summed E-state index contributed by atoms with van der Waals surface area (Å²) in [6.45, 7) is 0. The summed E-state index contributed by atoms with van der Waals surface area (Å²) in [7, 11) is 0. The monoisotopic (exact) mass is 652 g/mol. The maximum absolute atomic E-state index is 6.47. The highest BCUT2D eigenvalue weighted by molar-refractivity contribution is 6.26. The van der Waals surface area contributed by atoms with Gasteiger partial charge in [-0.1, -0.05) is 115 Å². The molecular weight excluding hydrogens is 625 g/mol. The van der Waals surface area contributed by atoms with Crippen LogP contribution in [0.15, 0.2) is 174 Å². The Morgan fingerprint density at radius 1 is 0.392 bits per heavy atom. The molecule has 0 saturated carbocycles. The van der Waals surface area contributed by atoms with Crippen LogP contribution in [0.2, 0.25) is 0 Å². The lowest BCUT2D eigenvalue weighted by Crippen LogP contribution is -2.04. The van der Waals surface area contributed by atoms with Crippen LogP contribution in [0.5, 0.6) is 0 Å². The van der Waals surface area contributed by atoms with Gasteiger partial charge in [0.1, 0.15) is 11.2 Å². The molecule has 0 bridgehead atoms. The second kappa shape index (κ2) is 10.8. The standard InChI is InChI=1S/C46H28N4O/c1-4-14-29(15-5-1)37-28-38(30-16-6-2-7-17-30)48-46(47-37)50-41-26-35-32-20-10-12-22-39(32)49(31-18-8-3-9-19-31)40(35)27-36(41)33-24-25-43-44(45(33)50)34-21-11-13-23-42(34)51-43/h1-28H. The van der Waals surface area contributed by atoms with Crippen molar-refractivity contribution in [2.24, 2.45) is 0 Å². The SMILES string of the molecule is c1ccc(-c2cc(-c3ccccc3)nc(-n3c4cc5c6ccccc6n(-c6ccccc6)c5cc4c4ccc5oc6ccccc6c5c43)n2)cc1. The third-order valence-electron chi connectivity index (χ3n) is 10.1. The highest BCUT2D eigenvalue weighted by Gasteiger charge is 2.24. The summed E-state index contributed by atoms with van der Waals surface area (Å²) >= 11 is 0. The van der Waals surface area contributed by atoms with Crippen molar-refractivity contribution >= 4 is 65.6 Å². The molecule has 0 spiro atoms. The molecule has 4 aromatic heterocycles. The number of hydrogen-bond acceptors (Lipinski definition) is 3. The topological polar surface area (TPSA) is 48.8 Å². The van der Waals surface area contributed by atoms with Crippen LogP contribution in [0, 0.1) is 0 Å². The van der Waals surface area contributed by atoms with Crippen LogP contribution in [0.1, 0.15) is 0 Å². The Morgan fingerprint density at radius 3 is 1.67 bits per heavy atom. The van der Waals surface area contributed by atoms with Crippen LogP contribution < -0.4 is 0 Å². The van der Waals surface area contributed by atoms with Gasteiger partial charge in [-0.3, -0.25) is 4.57 Å². The second-order valence-electron chi connectivity index (χ2n) is 13.0. The molecular formula is C46H28N4O. The molecule has 0 N–H and O–H groups in total. The lowest BCUT2D eigenvalue weighted by Gasteiger charge is -2.12. The van der Waals surface area contributed by atoms with Crippen molar-refractivity contribution in [2.45, 2.75) is 0 Å². The largest absolute Gasteiger partial charge is 0.456 e. The Bertz CT molecular complexity index is 3060. The normalized spacial score (nSPS) is 11.9. The van der Waals surface area contributed by atoms with Gasteiger partial charge in [0.2, 0.25) is 5.95 Å². The third-order valence-corrected chi connectivity index (χ3v) is 10.1. The van der Waals surface area contributed by atoms with E-state index in [0.29, 0.717) is 5.95 Å². The number of fused-ring (bicyclic) bond motifs is 10. The molecule has 11 aromatic rings. The van der Waals surface area contributed by atoms with E-state index in [2.05, 4.69) is 155 Å². The summed E-state index contributed by atoms with van der Waals surface area (Å²) in [6, 6.07) is 59.4. The van der Waals surface area contributed by atoms with Crippen molar-refractivity contribution in [3.05, 3.63) is 170 Å². The second-order valence-corrected chi connectivity index (χ2v) is 13.0. The van der Waals surface area contributed by atoms with Crippen LogP contribution in [-0.4, -0.2) is 19.1 Å². The molecule has 0 fully saturated rings. The molecule has 51 heavy (non-hydrogen) atoms. The molecule has 5 nitrogen and oxygen atoms in total. The summed E-state index contributed by atoms with van der Waals surface area (Å²) in [6.07, 6.45) is 0. The van der Waals surface area contributed by atoms with Gasteiger partial charge >= 0.3 is 0 Å². The lowest BCUT2D eigenvalue weighted by molar-refractivity contribution is 0.669. The Labute approximate surface area is 292 Å². The number of nitrogens with zero attached hydrogens (tertiary/aromatic N) is 4. The van der Waals surface area contributed by atoms with E-state index in [0.717, 1.165) is 77.5 Å². The predicted molar refractivity (Wildman–Crippen MR) is 209 cm³/mol. The van der Waals surface area contributed by atoms with Gasteiger partial charge in [0.15, 0.2) is 0 Å². The quantitative estimate of drug-likeness (QED) is 0.190. The van der Waals surface area contributed by atoms with Gasteiger partial charge in [0.25, 0.3) is 0 Å². The van der Waals surface area contributed by atoms with E-state index in [1.807, 2.05) is 24.3 Å². The maximum Gasteiger partial charge on any atom is 0.235 e. The molecule has 0 saturated heterocycles. The number of furan rings is 1. The van der Waals surface area contributed by atoms with E-state index in [9.17, 15) is 0 Å². The van der Waals surface area contributed by atoms with Crippen molar-refractivity contribution in [3.63, 3.8) is 0 Å². The highest BCUT2D eigenvalue weighted by atomic mass is 16.3. The van der Waals surface area contributed by atoms with Gasteiger partial charge < -0.3 is 8.98 Å². The number of para-hydroxylation sites is 3. The Hall–Kier alpha value is -6.98. The van der Waals surface area contributed by atoms with Gasteiger partial charge in [0.05, 0.1) is 38.8 Å². The van der Waals surface area contributed by atoms with Crippen LogP contribution in [0.3, 0.4) is 0 Å². The molecule has 5 heteroatoms. The molecule has 0 aliphatic carbocycles. The minimum absolute atomic E-state index is 0.610. The fourth-order valence-corrected chi connectivity index (χ4v) is 7.88. The van der Waals surface area contributed by atoms with Gasteiger partial charge in [-0.15, -0.1) is 0 Å². The first-order valence-corrected chi connectivity index (χ1v) is 17.2. The third kappa shape index (κ3) is 4.15. The lowest BCUT2D eigenvalue weighted by atomic mass is 10.1. The number of aromatic nitrogens is 4. The zero-order valence-electron chi connectivity index (χ0n) is 27.4. The summed E-state index contributed by atoms with van der Waals surface area (Å²) < 4.78 is 11.1. The smallest absolute Gasteiger partial charge is 0.235 e. The summed E-state index contributed by atoms with van der Waals surface area (Å²) in [4.78, 5) is 10.7. The highest BCUT2D eigenvalue weighted by Crippen LogP contribution is 2.43. The van der Waals surface area contributed by atoms with E-state index >= 15 is 0 Å². The van der Waals surface area contributed by atoms with E-state index in [1.165, 1.54) is 16.3 Å². The van der Waals surface area contributed by atoms with Crippen LogP contribution in [0.4, 0.5) is 0 Å². The number of benzene rings is 7. The predicted octanol–water partition coefficient (Wildman–Crippen LogP) is 11.9. The average molecular weight is 653 g/mol. The van der Waals surface area contributed by atoms with Crippen LogP contribution in [-0.2, 0) is 0 Å². The molecule has 0 atom stereocenters.